The number of hydrogen-bond acceptors (Lipinski definition) is 4. The van der Waals surface area contributed by atoms with Gasteiger partial charge in [-0.2, -0.15) is 4.31 Å². The average Bonchev–Trinajstić information content (AvgIpc) is 2.28. The molecule has 0 saturated carbocycles. The van der Waals surface area contributed by atoms with Crippen molar-refractivity contribution in [1.82, 2.24) is 14.3 Å². The Hall–Kier alpha value is -1.41. The van der Waals surface area contributed by atoms with Crippen LogP contribution in [0, 0.1) is 5.92 Å². The lowest BCUT2D eigenvalue weighted by Gasteiger charge is -2.29. The zero-order valence-electron chi connectivity index (χ0n) is 9.97. The SMILES string of the molecule is CC1CCCN(S(=O)(=O)c2c[nH]c(=O)[nH]c2=O)C1. The fraction of sp³-hybridized carbons (Fsp3) is 0.600. The molecule has 0 amide bonds. The summed E-state index contributed by atoms with van der Waals surface area (Å²) in [6.45, 7) is 2.78. The highest BCUT2D eigenvalue weighted by molar-refractivity contribution is 7.89. The molecule has 18 heavy (non-hydrogen) atoms. The van der Waals surface area contributed by atoms with Crippen molar-refractivity contribution in [3.63, 3.8) is 0 Å². The van der Waals surface area contributed by atoms with E-state index in [0.29, 0.717) is 13.1 Å². The van der Waals surface area contributed by atoms with Crippen molar-refractivity contribution in [3.05, 3.63) is 27.0 Å². The smallest absolute Gasteiger partial charge is 0.313 e. The number of sulfonamides is 1. The molecule has 0 bridgehead atoms. The Balaban J connectivity index is 2.42. The van der Waals surface area contributed by atoms with E-state index in [4.69, 9.17) is 0 Å². The molecule has 1 unspecified atom stereocenters. The number of piperidine rings is 1. The summed E-state index contributed by atoms with van der Waals surface area (Å²) in [5, 5.41) is 0. The third kappa shape index (κ3) is 2.39. The lowest BCUT2D eigenvalue weighted by molar-refractivity contribution is 0.281. The summed E-state index contributed by atoms with van der Waals surface area (Å²) >= 11 is 0. The predicted molar refractivity (Wildman–Crippen MR) is 64.8 cm³/mol. The molecular weight excluding hydrogens is 258 g/mol. The zero-order chi connectivity index (χ0) is 13.3. The van der Waals surface area contributed by atoms with E-state index in [1.807, 2.05) is 11.9 Å². The lowest BCUT2D eigenvalue weighted by Crippen LogP contribution is -2.41. The predicted octanol–water partition coefficient (Wildman–Crippen LogP) is -0.516. The molecule has 2 rings (SSSR count). The number of rotatable bonds is 2. The van der Waals surface area contributed by atoms with E-state index in [2.05, 4.69) is 4.98 Å². The van der Waals surface area contributed by atoms with Crippen LogP contribution in [0.15, 0.2) is 20.7 Å². The molecule has 2 heterocycles. The fourth-order valence-corrected chi connectivity index (χ4v) is 3.68. The maximum Gasteiger partial charge on any atom is 0.325 e. The second kappa shape index (κ2) is 4.69. The molecule has 0 spiro atoms. The van der Waals surface area contributed by atoms with Crippen molar-refractivity contribution in [2.24, 2.45) is 5.92 Å². The molecule has 1 aliphatic rings. The van der Waals surface area contributed by atoms with Gasteiger partial charge in [0.05, 0.1) is 0 Å². The van der Waals surface area contributed by atoms with Gasteiger partial charge in [0.1, 0.15) is 0 Å². The second-order valence-electron chi connectivity index (χ2n) is 4.55. The largest absolute Gasteiger partial charge is 0.325 e. The Bertz CT molecular complexity index is 646. The van der Waals surface area contributed by atoms with E-state index in [0.717, 1.165) is 19.0 Å². The molecule has 0 aliphatic carbocycles. The molecule has 0 aromatic carbocycles. The maximum absolute atomic E-state index is 12.2. The summed E-state index contributed by atoms with van der Waals surface area (Å²) < 4.78 is 25.8. The molecule has 1 fully saturated rings. The summed E-state index contributed by atoms with van der Waals surface area (Å²) in [4.78, 5) is 26.1. The van der Waals surface area contributed by atoms with Crippen LogP contribution < -0.4 is 11.2 Å². The van der Waals surface area contributed by atoms with Gasteiger partial charge in [0.25, 0.3) is 5.56 Å². The Labute approximate surface area is 104 Å². The van der Waals surface area contributed by atoms with Gasteiger partial charge in [0.15, 0.2) is 4.90 Å². The van der Waals surface area contributed by atoms with Gasteiger partial charge in [-0.15, -0.1) is 0 Å². The van der Waals surface area contributed by atoms with Crippen LogP contribution in [0.3, 0.4) is 0 Å². The fourth-order valence-electron chi connectivity index (χ4n) is 2.09. The Morgan fingerprint density at radius 1 is 1.39 bits per heavy atom. The number of nitrogens with one attached hydrogen (secondary N) is 2. The first kappa shape index (κ1) is 13.0. The van der Waals surface area contributed by atoms with E-state index in [-0.39, 0.29) is 5.92 Å². The van der Waals surface area contributed by atoms with Gasteiger partial charge in [-0.3, -0.25) is 9.78 Å². The van der Waals surface area contributed by atoms with E-state index in [1.165, 1.54) is 4.31 Å². The van der Waals surface area contributed by atoms with Crippen LogP contribution in [-0.2, 0) is 10.0 Å². The Kier molecular flexibility index (Phi) is 3.40. The zero-order valence-corrected chi connectivity index (χ0v) is 10.8. The highest BCUT2D eigenvalue weighted by Crippen LogP contribution is 2.21. The van der Waals surface area contributed by atoms with Gasteiger partial charge in [-0.1, -0.05) is 6.92 Å². The molecule has 1 saturated heterocycles. The van der Waals surface area contributed by atoms with Gasteiger partial charge < -0.3 is 4.98 Å². The van der Waals surface area contributed by atoms with Crippen molar-refractivity contribution >= 4 is 10.0 Å². The van der Waals surface area contributed by atoms with Gasteiger partial charge in [0.2, 0.25) is 10.0 Å². The van der Waals surface area contributed by atoms with Crippen molar-refractivity contribution in [2.75, 3.05) is 13.1 Å². The van der Waals surface area contributed by atoms with Gasteiger partial charge in [0, 0.05) is 19.3 Å². The highest BCUT2D eigenvalue weighted by atomic mass is 32.2. The van der Waals surface area contributed by atoms with Crippen LogP contribution in [0.4, 0.5) is 0 Å². The first-order chi connectivity index (χ1) is 8.41. The van der Waals surface area contributed by atoms with Crippen LogP contribution >= 0.6 is 0 Å². The molecule has 100 valence electrons. The third-order valence-electron chi connectivity index (χ3n) is 3.02. The van der Waals surface area contributed by atoms with Crippen LogP contribution in [0.25, 0.3) is 0 Å². The van der Waals surface area contributed by atoms with Crippen LogP contribution in [-0.4, -0.2) is 35.8 Å². The molecule has 0 radical (unpaired) electrons. The summed E-state index contributed by atoms with van der Waals surface area (Å²) in [5.74, 6) is 0.273. The van der Waals surface area contributed by atoms with Crippen molar-refractivity contribution < 1.29 is 8.42 Å². The number of aromatic amines is 2. The number of H-pyrrole nitrogens is 2. The highest BCUT2D eigenvalue weighted by Gasteiger charge is 2.30. The minimum atomic E-state index is -3.82. The summed E-state index contributed by atoms with van der Waals surface area (Å²) in [5.41, 5.74) is -1.59. The molecule has 1 aromatic heterocycles. The van der Waals surface area contributed by atoms with E-state index < -0.39 is 26.2 Å². The number of hydrogen-bond donors (Lipinski definition) is 2. The monoisotopic (exact) mass is 273 g/mol. The van der Waals surface area contributed by atoms with E-state index in [9.17, 15) is 18.0 Å². The quantitative estimate of drug-likeness (QED) is 0.757. The van der Waals surface area contributed by atoms with Crippen LogP contribution in [0.2, 0.25) is 0 Å². The minimum absolute atomic E-state index is 0.273. The molecular formula is C10H15N3O4S. The molecule has 1 atom stereocenters. The summed E-state index contributed by atoms with van der Waals surface area (Å²) in [6.07, 6.45) is 2.71. The van der Waals surface area contributed by atoms with Crippen molar-refractivity contribution in [3.8, 4) is 0 Å². The Morgan fingerprint density at radius 3 is 2.72 bits per heavy atom. The lowest BCUT2D eigenvalue weighted by atomic mass is 10.0. The molecule has 1 aliphatic heterocycles. The van der Waals surface area contributed by atoms with Gasteiger partial charge >= 0.3 is 5.69 Å². The first-order valence-corrected chi connectivity index (χ1v) is 7.17. The average molecular weight is 273 g/mol. The topological polar surface area (TPSA) is 103 Å². The standard InChI is InChI=1S/C10H15N3O4S/c1-7-3-2-4-13(6-7)18(16,17)8-5-11-10(15)12-9(8)14/h5,7H,2-4,6H2,1H3,(H2,11,12,14,15). The Morgan fingerprint density at radius 2 is 2.11 bits per heavy atom. The second-order valence-corrected chi connectivity index (χ2v) is 6.45. The third-order valence-corrected chi connectivity index (χ3v) is 4.89. The van der Waals surface area contributed by atoms with Crippen LogP contribution in [0.5, 0.6) is 0 Å². The van der Waals surface area contributed by atoms with E-state index in [1.54, 1.807) is 0 Å². The number of nitrogens with zero attached hydrogens (tertiary/aromatic N) is 1. The van der Waals surface area contributed by atoms with Crippen LogP contribution in [0.1, 0.15) is 19.8 Å². The molecule has 1 aromatic rings. The van der Waals surface area contributed by atoms with E-state index >= 15 is 0 Å². The molecule has 2 N–H and O–H groups in total. The minimum Gasteiger partial charge on any atom is -0.313 e. The maximum atomic E-state index is 12.2. The van der Waals surface area contributed by atoms with Crippen molar-refractivity contribution in [2.45, 2.75) is 24.7 Å². The van der Waals surface area contributed by atoms with Crippen molar-refractivity contribution in [1.29, 1.82) is 0 Å². The first-order valence-electron chi connectivity index (χ1n) is 5.73. The van der Waals surface area contributed by atoms with Gasteiger partial charge in [-0.25, -0.2) is 13.2 Å². The number of aromatic nitrogens is 2. The summed E-state index contributed by atoms with van der Waals surface area (Å²) in [6, 6.07) is 0. The van der Waals surface area contributed by atoms with Gasteiger partial charge in [-0.05, 0) is 18.8 Å². The molecule has 7 nitrogen and oxygen atoms in total. The normalized spacial score (nSPS) is 21.9. The summed E-state index contributed by atoms with van der Waals surface area (Å²) in [7, 11) is -3.82. The molecule has 8 heteroatoms.